The SMILES string of the molecule is CC(C)C[C@H](O)c1cnc(Cl)nc1. The van der Waals surface area contributed by atoms with Gasteiger partial charge in [0.2, 0.25) is 5.28 Å². The first-order valence-corrected chi connectivity index (χ1v) is 4.63. The molecule has 0 bridgehead atoms. The van der Waals surface area contributed by atoms with Crippen LogP contribution < -0.4 is 0 Å². The van der Waals surface area contributed by atoms with Crippen LogP contribution in [0.3, 0.4) is 0 Å². The highest BCUT2D eigenvalue weighted by Crippen LogP contribution is 2.19. The topological polar surface area (TPSA) is 46.0 Å². The molecule has 1 atom stereocenters. The van der Waals surface area contributed by atoms with Gasteiger partial charge in [0.05, 0.1) is 6.10 Å². The summed E-state index contributed by atoms with van der Waals surface area (Å²) in [6.07, 6.45) is 3.34. The Hall–Kier alpha value is -0.670. The van der Waals surface area contributed by atoms with Crippen molar-refractivity contribution in [2.45, 2.75) is 26.4 Å². The second-order valence-electron chi connectivity index (χ2n) is 3.43. The van der Waals surface area contributed by atoms with Crippen molar-refractivity contribution in [2.75, 3.05) is 0 Å². The molecule has 1 N–H and O–H groups in total. The summed E-state index contributed by atoms with van der Waals surface area (Å²) < 4.78 is 0. The van der Waals surface area contributed by atoms with Crippen LogP contribution in [0.5, 0.6) is 0 Å². The number of aliphatic hydroxyl groups excluding tert-OH is 1. The summed E-state index contributed by atoms with van der Waals surface area (Å²) in [5.41, 5.74) is 0.720. The van der Waals surface area contributed by atoms with Gasteiger partial charge < -0.3 is 5.11 Å². The van der Waals surface area contributed by atoms with Crippen LogP contribution in [0.1, 0.15) is 31.9 Å². The molecule has 0 radical (unpaired) electrons. The number of aliphatic hydroxyl groups is 1. The molecule has 1 aromatic rings. The second-order valence-corrected chi connectivity index (χ2v) is 3.77. The first-order chi connectivity index (χ1) is 6.09. The number of hydrogen-bond acceptors (Lipinski definition) is 3. The van der Waals surface area contributed by atoms with Crippen LogP contribution in [0.4, 0.5) is 0 Å². The molecule has 0 saturated carbocycles. The predicted octanol–water partition coefficient (Wildman–Crippen LogP) is 2.21. The number of nitrogens with zero attached hydrogens (tertiary/aromatic N) is 2. The highest BCUT2D eigenvalue weighted by molar-refractivity contribution is 6.28. The van der Waals surface area contributed by atoms with E-state index in [9.17, 15) is 5.11 Å². The molecular formula is C9H13ClN2O. The van der Waals surface area contributed by atoms with E-state index in [0.29, 0.717) is 12.3 Å². The molecule has 0 saturated heterocycles. The summed E-state index contributed by atoms with van der Waals surface area (Å²) in [5, 5.41) is 9.87. The van der Waals surface area contributed by atoms with Crippen LogP contribution in [-0.4, -0.2) is 15.1 Å². The lowest BCUT2D eigenvalue weighted by molar-refractivity contribution is 0.150. The molecule has 1 aromatic heterocycles. The Morgan fingerprint density at radius 1 is 1.38 bits per heavy atom. The van der Waals surface area contributed by atoms with Crippen molar-refractivity contribution >= 4 is 11.6 Å². The number of rotatable bonds is 3. The Labute approximate surface area is 82.8 Å². The minimum atomic E-state index is -0.489. The lowest BCUT2D eigenvalue weighted by Gasteiger charge is -2.11. The molecule has 13 heavy (non-hydrogen) atoms. The molecule has 0 aliphatic carbocycles. The zero-order valence-corrected chi connectivity index (χ0v) is 8.49. The normalized spacial score (nSPS) is 13.3. The molecule has 3 nitrogen and oxygen atoms in total. The minimum Gasteiger partial charge on any atom is -0.388 e. The summed E-state index contributed by atoms with van der Waals surface area (Å²) >= 11 is 5.52. The average molecular weight is 201 g/mol. The third kappa shape index (κ3) is 3.28. The van der Waals surface area contributed by atoms with Crippen molar-refractivity contribution in [1.29, 1.82) is 0 Å². The molecule has 0 spiro atoms. The summed E-state index contributed by atoms with van der Waals surface area (Å²) in [6.45, 7) is 4.11. The van der Waals surface area contributed by atoms with Crippen molar-refractivity contribution in [3.8, 4) is 0 Å². The Balaban J connectivity index is 2.66. The fourth-order valence-electron chi connectivity index (χ4n) is 1.08. The molecule has 0 aliphatic rings. The maximum absolute atomic E-state index is 9.66. The highest BCUT2D eigenvalue weighted by Gasteiger charge is 2.10. The summed E-state index contributed by atoms with van der Waals surface area (Å²) in [6, 6.07) is 0. The Morgan fingerprint density at radius 2 is 1.92 bits per heavy atom. The van der Waals surface area contributed by atoms with Gasteiger partial charge in [-0.25, -0.2) is 9.97 Å². The van der Waals surface area contributed by atoms with Crippen molar-refractivity contribution in [2.24, 2.45) is 5.92 Å². The maximum atomic E-state index is 9.66. The smallest absolute Gasteiger partial charge is 0.222 e. The van der Waals surface area contributed by atoms with Gasteiger partial charge in [-0.3, -0.25) is 0 Å². The first kappa shape index (κ1) is 10.4. The van der Waals surface area contributed by atoms with E-state index in [0.717, 1.165) is 5.56 Å². The Bertz CT molecular complexity index is 261. The van der Waals surface area contributed by atoms with Gasteiger partial charge in [-0.05, 0) is 23.9 Å². The molecule has 1 rings (SSSR count). The van der Waals surface area contributed by atoms with E-state index in [1.54, 1.807) is 12.4 Å². The lowest BCUT2D eigenvalue weighted by Crippen LogP contribution is -2.02. The van der Waals surface area contributed by atoms with Crippen molar-refractivity contribution in [1.82, 2.24) is 9.97 Å². The van der Waals surface area contributed by atoms with Gasteiger partial charge in [-0.15, -0.1) is 0 Å². The van der Waals surface area contributed by atoms with Crippen LogP contribution in [0.25, 0.3) is 0 Å². The van der Waals surface area contributed by atoms with Crippen molar-refractivity contribution < 1.29 is 5.11 Å². The van der Waals surface area contributed by atoms with Gasteiger partial charge in [0.25, 0.3) is 0 Å². The van der Waals surface area contributed by atoms with Gasteiger partial charge in [0.15, 0.2) is 0 Å². The number of aromatic nitrogens is 2. The fourth-order valence-corrected chi connectivity index (χ4v) is 1.17. The van der Waals surface area contributed by atoms with E-state index < -0.39 is 6.10 Å². The predicted molar refractivity (Wildman–Crippen MR) is 51.5 cm³/mol. The molecule has 72 valence electrons. The highest BCUT2D eigenvalue weighted by atomic mass is 35.5. The maximum Gasteiger partial charge on any atom is 0.222 e. The fraction of sp³-hybridized carbons (Fsp3) is 0.556. The summed E-state index contributed by atoms with van der Waals surface area (Å²) in [4.78, 5) is 7.60. The third-order valence-electron chi connectivity index (χ3n) is 1.72. The zero-order valence-electron chi connectivity index (χ0n) is 7.74. The van der Waals surface area contributed by atoms with Gasteiger partial charge in [-0.1, -0.05) is 13.8 Å². The van der Waals surface area contributed by atoms with Crippen molar-refractivity contribution in [3.63, 3.8) is 0 Å². The van der Waals surface area contributed by atoms with Crippen LogP contribution >= 0.6 is 11.6 Å². The lowest BCUT2D eigenvalue weighted by atomic mass is 10.0. The molecule has 4 heteroatoms. The Kier molecular flexibility index (Phi) is 3.63. The van der Waals surface area contributed by atoms with Gasteiger partial charge in [0, 0.05) is 18.0 Å². The van der Waals surface area contributed by atoms with E-state index >= 15 is 0 Å². The number of hydrogen-bond donors (Lipinski definition) is 1. The van der Waals surface area contributed by atoms with Crippen molar-refractivity contribution in [3.05, 3.63) is 23.2 Å². The van der Waals surface area contributed by atoms with Gasteiger partial charge in [-0.2, -0.15) is 0 Å². The first-order valence-electron chi connectivity index (χ1n) is 4.25. The molecule has 0 unspecified atom stereocenters. The Morgan fingerprint density at radius 3 is 2.38 bits per heavy atom. The third-order valence-corrected chi connectivity index (χ3v) is 1.91. The van der Waals surface area contributed by atoms with E-state index in [1.807, 2.05) is 0 Å². The largest absolute Gasteiger partial charge is 0.388 e. The van der Waals surface area contributed by atoms with E-state index in [2.05, 4.69) is 23.8 Å². The summed E-state index contributed by atoms with van der Waals surface area (Å²) in [5.74, 6) is 0.450. The van der Waals surface area contributed by atoms with Crippen LogP contribution in [0.2, 0.25) is 5.28 Å². The molecule has 0 aromatic carbocycles. The quantitative estimate of drug-likeness (QED) is 0.761. The molecule has 1 heterocycles. The zero-order chi connectivity index (χ0) is 9.84. The van der Waals surface area contributed by atoms with E-state index in [-0.39, 0.29) is 5.28 Å². The minimum absolute atomic E-state index is 0.209. The molecule has 0 amide bonds. The van der Waals surface area contributed by atoms with Crippen LogP contribution in [0, 0.1) is 5.92 Å². The van der Waals surface area contributed by atoms with Crippen LogP contribution in [0.15, 0.2) is 12.4 Å². The monoisotopic (exact) mass is 200 g/mol. The number of halogens is 1. The molecular weight excluding hydrogens is 188 g/mol. The summed E-state index contributed by atoms with van der Waals surface area (Å²) in [7, 11) is 0. The van der Waals surface area contributed by atoms with Gasteiger partial charge >= 0.3 is 0 Å². The van der Waals surface area contributed by atoms with E-state index in [4.69, 9.17) is 11.6 Å². The molecule has 0 aliphatic heterocycles. The standard InChI is InChI=1S/C9H13ClN2O/c1-6(2)3-8(13)7-4-11-9(10)12-5-7/h4-6,8,13H,3H2,1-2H3/t8-/m0/s1. The average Bonchev–Trinajstić information content (AvgIpc) is 2.04. The molecule has 0 fully saturated rings. The van der Waals surface area contributed by atoms with Gasteiger partial charge in [0.1, 0.15) is 0 Å². The van der Waals surface area contributed by atoms with Crippen LogP contribution in [-0.2, 0) is 0 Å². The van der Waals surface area contributed by atoms with E-state index in [1.165, 1.54) is 0 Å². The second kappa shape index (κ2) is 4.53.